The normalized spacial score (nSPS) is 20.4. The van der Waals surface area contributed by atoms with Gasteiger partial charge in [-0.05, 0) is 18.6 Å². The summed E-state index contributed by atoms with van der Waals surface area (Å²) in [6, 6.07) is 7.99. The van der Waals surface area contributed by atoms with Gasteiger partial charge in [0, 0.05) is 43.3 Å². The molecule has 1 aliphatic heterocycles. The number of ether oxygens (including phenoxy) is 2. The fourth-order valence-electron chi connectivity index (χ4n) is 3.52. The minimum absolute atomic E-state index is 0.122. The van der Waals surface area contributed by atoms with E-state index < -0.39 is 0 Å². The van der Waals surface area contributed by atoms with E-state index in [2.05, 4.69) is 16.5 Å². The van der Waals surface area contributed by atoms with Gasteiger partial charge in [-0.15, -0.1) is 0 Å². The molecule has 1 aromatic carbocycles. The molecule has 6 nitrogen and oxygen atoms in total. The van der Waals surface area contributed by atoms with Gasteiger partial charge in [-0.3, -0.25) is 4.68 Å². The number of furan rings is 1. The van der Waals surface area contributed by atoms with Crippen molar-refractivity contribution in [1.29, 1.82) is 0 Å². The molecule has 2 atom stereocenters. The van der Waals surface area contributed by atoms with Crippen molar-refractivity contribution in [2.75, 3.05) is 20.3 Å². The molecule has 0 amide bonds. The van der Waals surface area contributed by atoms with Crippen molar-refractivity contribution in [3.05, 3.63) is 48.0 Å². The molecule has 1 N–H and O–H groups in total. The molecule has 0 unspecified atom stereocenters. The Morgan fingerprint density at radius 1 is 1.40 bits per heavy atom. The number of rotatable bonds is 6. The molecule has 6 heteroatoms. The largest absolute Gasteiger partial charge is 0.493 e. The van der Waals surface area contributed by atoms with E-state index in [0.717, 1.165) is 47.6 Å². The van der Waals surface area contributed by atoms with Gasteiger partial charge in [0.05, 0.1) is 26.0 Å². The van der Waals surface area contributed by atoms with Gasteiger partial charge in [-0.1, -0.05) is 12.1 Å². The highest BCUT2D eigenvalue weighted by Crippen LogP contribution is 2.34. The third-order valence-corrected chi connectivity index (χ3v) is 4.75. The van der Waals surface area contributed by atoms with E-state index in [4.69, 9.17) is 13.9 Å². The van der Waals surface area contributed by atoms with Crippen LogP contribution in [-0.4, -0.2) is 30.0 Å². The van der Waals surface area contributed by atoms with E-state index in [1.807, 2.05) is 42.3 Å². The van der Waals surface area contributed by atoms with Crippen molar-refractivity contribution in [1.82, 2.24) is 15.1 Å². The quantitative estimate of drug-likeness (QED) is 0.747. The molecular weight excluding hydrogens is 318 g/mol. The first-order valence-corrected chi connectivity index (χ1v) is 8.61. The lowest BCUT2D eigenvalue weighted by Crippen LogP contribution is -2.24. The highest BCUT2D eigenvalue weighted by Gasteiger charge is 2.30. The van der Waals surface area contributed by atoms with Gasteiger partial charge in [0.1, 0.15) is 5.76 Å². The Hall–Kier alpha value is -2.31. The van der Waals surface area contributed by atoms with Crippen LogP contribution >= 0.6 is 0 Å². The Balaban J connectivity index is 1.39. The second-order valence-corrected chi connectivity index (χ2v) is 6.51. The van der Waals surface area contributed by atoms with Crippen LogP contribution < -0.4 is 10.1 Å². The first kappa shape index (κ1) is 16.2. The van der Waals surface area contributed by atoms with E-state index in [1.54, 1.807) is 7.11 Å². The number of methoxy groups -OCH3 is 1. The fourth-order valence-corrected chi connectivity index (χ4v) is 3.52. The third-order valence-electron chi connectivity index (χ3n) is 4.75. The van der Waals surface area contributed by atoms with E-state index in [0.29, 0.717) is 12.5 Å². The van der Waals surface area contributed by atoms with Crippen molar-refractivity contribution in [2.45, 2.75) is 19.1 Å². The summed E-state index contributed by atoms with van der Waals surface area (Å²) in [5.74, 6) is 2.13. The Kier molecular flexibility index (Phi) is 4.46. The van der Waals surface area contributed by atoms with Crippen LogP contribution in [-0.2, 0) is 18.3 Å². The van der Waals surface area contributed by atoms with Crippen LogP contribution in [0.5, 0.6) is 5.75 Å². The second-order valence-electron chi connectivity index (χ2n) is 6.51. The van der Waals surface area contributed by atoms with Gasteiger partial charge in [-0.2, -0.15) is 5.10 Å². The number of aryl methyl sites for hydroxylation is 1. The van der Waals surface area contributed by atoms with Crippen molar-refractivity contribution < 1.29 is 13.9 Å². The molecule has 3 heterocycles. The van der Waals surface area contributed by atoms with Crippen LogP contribution in [0.4, 0.5) is 0 Å². The molecular formula is C19H23N3O3. The summed E-state index contributed by atoms with van der Waals surface area (Å²) in [6.45, 7) is 2.37. The van der Waals surface area contributed by atoms with Crippen molar-refractivity contribution in [3.63, 3.8) is 0 Å². The zero-order chi connectivity index (χ0) is 17.2. The molecule has 0 aliphatic carbocycles. The highest BCUT2D eigenvalue weighted by atomic mass is 16.5. The molecule has 0 bridgehead atoms. The summed E-state index contributed by atoms with van der Waals surface area (Å²) in [5, 5.41) is 8.82. The molecule has 1 fully saturated rings. The van der Waals surface area contributed by atoms with Gasteiger partial charge in [-0.25, -0.2) is 0 Å². The summed E-state index contributed by atoms with van der Waals surface area (Å²) >= 11 is 0. The number of hydrogen-bond acceptors (Lipinski definition) is 5. The van der Waals surface area contributed by atoms with Crippen LogP contribution in [0, 0.1) is 5.92 Å². The maximum absolute atomic E-state index is 5.94. The van der Waals surface area contributed by atoms with E-state index >= 15 is 0 Å². The SMILES string of the molecule is COc1cccc2cc(CNC[C@H]3CCO[C@@H]3c3cnn(C)c3)oc12. The van der Waals surface area contributed by atoms with Crippen molar-refractivity contribution in [2.24, 2.45) is 13.0 Å². The zero-order valence-corrected chi connectivity index (χ0v) is 14.6. The predicted octanol–water partition coefficient (Wildman–Crippen LogP) is 3.04. The van der Waals surface area contributed by atoms with E-state index in [-0.39, 0.29) is 6.10 Å². The summed E-state index contributed by atoms with van der Waals surface area (Å²) < 4.78 is 19.0. The van der Waals surface area contributed by atoms with Crippen LogP contribution in [0.1, 0.15) is 23.8 Å². The molecule has 25 heavy (non-hydrogen) atoms. The maximum Gasteiger partial charge on any atom is 0.176 e. The first-order valence-electron chi connectivity index (χ1n) is 8.61. The number of nitrogens with zero attached hydrogens (tertiary/aromatic N) is 2. The Labute approximate surface area is 146 Å². The van der Waals surface area contributed by atoms with Gasteiger partial charge >= 0.3 is 0 Å². The summed E-state index contributed by atoms with van der Waals surface area (Å²) in [6.07, 6.45) is 5.11. The average Bonchev–Trinajstić information content (AvgIpc) is 3.33. The fraction of sp³-hybridized carbons (Fsp3) is 0.421. The molecule has 1 aliphatic rings. The Morgan fingerprint density at radius 2 is 2.32 bits per heavy atom. The number of hydrogen-bond donors (Lipinski definition) is 1. The zero-order valence-electron chi connectivity index (χ0n) is 14.6. The van der Waals surface area contributed by atoms with Gasteiger partial charge in [0.2, 0.25) is 0 Å². The lowest BCUT2D eigenvalue weighted by atomic mass is 9.97. The molecule has 4 rings (SSSR count). The summed E-state index contributed by atoms with van der Waals surface area (Å²) in [5.41, 5.74) is 1.96. The topological polar surface area (TPSA) is 61.4 Å². The number of para-hydroxylation sites is 1. The van der Waals surface area contributed by atoms with Gasteiger partial charge in [0.15, 0.2) is 11.3 Å². The van der Waals surface area contributed by atoms with Crippen LogP contribution in [0.25, 0.3) is 11.0 Å². The standard InChI is InChI=1S/C19H23N3O3/c1-22-12-15(10-21-22)18-14(6-7-24-18)9-20-11-16-8-13-4-3-5-17(23-2)19(13)25-16/h3-5,8,10,12,14,18,20H,6-7,9,11H2,1-2H3/t14-,18+/m1/s1. The van der Waals surface area contributed by atoms with Crippen molar-refractivity contribution >= 4 is 11.0 Å². The predicted molar refractivity (Wildman–Crippen MR) is 94.5 cm³/mol. The van der Waals surface area contributed by atoms with Crippen LogP contribution in [0.15, 0.2) is 41.1 Å². The highest BCUT2D eigenvalue weighted by molar-refractivity contribution is 5.83. The third kappa shape index (κ3) is 3.27. The van der Waals surface area contributed by atoms with Gasteiger partial charge in [0.25, 0.3) is 0 Å². The van der Waals surface area contributed by atoms with Gasteiger partial charge < -0.3 is 19.2 Å². The molecule has 0 radical (unpaired) electrons. The molecule has 0 saturated carbocycles. The molecule has 132 valence electrons. The minimum Gasteiger partial charge on any atom is -0.493 e. The molecule has 0 spiro atoms. The number of benzene rings is 1. The summed E-state index contributed by atoms with van der Waals surface area (Å²) in [7, 11) is 3.59. The van der Waals surface area contributed by atoms with E-state index in [9.17, 15) is 0 Å². The van der Waals surface area contributed by atoms with Crippen LogP contribution in [0.3, 0.4) is 0 Å². The lowest BCUT2D eigenvalue weighted by molar-refractivity contribution is 0.0903. The molecule has 3 aromatic rings. The second kappa shape index (κ2) is 6.90. The van der Waals surface area contributed by atoms with Crippen LogP contribution in [0.2, 0.25) is 0 Å². The minimum atomic E-state index is 0.122. The number of nitrogens with one attached hydrogen (secondary N) is 1. The summed E-state index contributed by atoms with van der Waals surface area (Å²) in [4.78, 5) is 0. The smallest absolute Gasteiger partial charge is 0.176 e. The van der Waals surface area contributed by atoms with Crippen molar-refractivity contribution in [3.8, 4) is 5.75 Å². The maximum atomic E-state index is 5.94. The first-order chi connectivity index (χ1) is 12.2. The number of fused-ring (bicyclic) bond motifs is 1. The Bertz CT molecular complexity index is 855. The van der Waals surface area contributed by atoms with E-state index in [1.165, 1.54) is 0 Å². The number of aromatic nitrogens is 2. The molecule has 1 saturated heterocycles. The average molecular weight is 341 g/mol. The molecule has 2 aromatic heterocycles. The Morgan fingerprint density at radius 3 is 3.12 bits per heavy atom. The monoisotopic (exact) mass is 341 g/mol. The lowest BCUT2D eigenvalue weighted by Gasteiger charge is -2.17.